The van der Waals surface area contributed by atoms with Gasteiger partial charge in [-0.2, -0.15) is 0 Å². The summed E-state index contributed by atoms with van der Waals surface area (Å²) in [6.45, 7) is 2.37. The predicted molar refractivity (Wildman–Crippen MR) is 149 cm³/mol. The molecule has 204 valence electrons. The van der Waals surface area contributed by atoms with Gasteiger partial charge in [-0.15, -0.1) is 11.8 Å². The second kappa shape index (κ2) is 10.2. The van der Waals surface area contributed by atoms with E-state index in [1.165, 1.54) is 17.8 Å². The van der Waals surface area contributed by atoms with Crippen LogP contribution in [0.3, 0.4) is 0 Å². The van der Waals surface area contributed by atoms with Crippen molar-refractivity contribution in [2.24, 2.45) is 0 Å². The van der Waals surface area contributed by atoms with Crippen molar-refractivity contribution in [2.75, 3.05) is 49.3 Å². The molecule has 3 aliphatic heterocycles. The van der Waals surface area contributed by atoms with E-state index in [2.05, 4.69) is 10.2 Å². The minimum Gasteiger partial charge on any atom is -0.497 e. The summed E-state index contributed by atoms with van der Waals surface area (Å²) in [4.78, 5) is 41.8. The smallest absolute Gasteiger partial charge is 0.414 e. The Bertz CT molecular complexity index is 1510. The number of likely N-dealkylation sites (tertiary alicyclic amines) is 1. The van der Waals surface area contributed by atoms with E-state index in [9.17, 15) is 19.5 Å². The lowest BCUT2D eigenvalue weighted by molar-refractivity contribution is -0.113. The largest absolute Gasteiger partial charge is 0.497 e. The molecule has 2 aromatic carbocycles. The fourth-order valence-corrected chi connectivity index (χ4v) is 6.35. The van der Waals surface area contributed by atoms with Gasteiger partial charge in [0.1, 0.15) is 11.9 Å². The molecule has 2 atom stereocenters. The number of nitrogens with zero attached hydrogens (tertiary/aromatic N) is 3. The summed E-state index contributed by atoms with van der Waals surface area (Å²) in [5.74, 6) is 0.988. The number of methoxy groups -OCH3 is 1. The van der Waals surface area contributed by atoms with Gasteiger partial charge >= 0.3 is 6.09 Å². The highest BCUT2D eigenvalue weighted by molar-refractivity contribution is 8.00. The Balaban J connectivity index is 1.08. The number of carbonyl (C=O) groups is 2. The van der Waals surface area contributed by atoms with Crippen LogP contribution in [0.15, 0.2) is 58.2 Å². The predicted octanol–water partition coefficient (Wildman–Crippen LogP) is 2.91. The first-order chi connectivity index (χ1) is 18.8. The Labute approximate surface area is 229 Å². The number of benzene rings is 2. The van der Waals surface area contributed by atoms with Gasteiger partial charge in [-0.1, -0.05) is 0 Å². The zero-order chi connectivity index (χ0) is 27.1. The summed E-state index contributed by atoms with van der Waals surface area (Å²) < 4.78 is 12.6. The zero-order valence-corrected chi connectivity index (χ0v) is 22.4. The fourth-order valence-electron chi connectivity index (χ4n) is 5.56. The molecular formula is C28H30N4O6S. The minimum absolute atomic E-state index is 0.0536. The van der Waals surface area contributed by atoms with E-state index < -0.39 is 11.7 Å². The van der Waals surface area contributed by atoms with Crippen LogP contribution < -0.4 is 20.5 Å². The van der Waals surface area contributed by atoms with E-state index in [0.29, 0.717) is 61.9 Å². The number of ether oxygens (including phenoxy) is 2. The van der Waals surface area contributed by atoms with Crippen molar-refractivity contribution in [3.05, 3.63) is 58.9 Å². The molecular weight excluding hydrogens is 520 g/mol. The molecule has 2 amide bonds. The molecule has 0 unspecified atom stereocenters. The molecule has 0 saturated carbocycles. The summed E-state index contributed by atoms with van der Waals surface area (Å²) in [6.07, 6.45) is 0.481. The van der Waals surface area contributed by atoms with Gasteiger partial charge in [-0.05, 0) is 54.6 Å². The summed E-state index contributed by atoms with van der Waals surface area (Å²) in [7, 11) is 1.58. The third-order valence-electron chi connectivity index (χ3n) is 7.61. The van der Waals surface area contributed by atoms with E-state index in [4.69, 9.17) is 9.47 Å². The molecule has 10 nitrogen and oxygen atoms in total. The number of aromatic nitrogens is 1. The lowest BCUT2D eigenvalue weighted by Crippen LogP contribution is -2.41. The van der Waals surface area contributed by atoms with Gasteiger partial charge in [0.25, 0.3) is 5.56 Å². The highest BCUT2D eigenvalue weighted by Gasteiger charge is 2.38. The number of pyridine rings is 1. The molecule has 4 heterocycles. The highest BCUT2D eigenvalue weighted by atomic mass is 32.2. The summed E-state index contributed by atoms with van der Waals surface area (Å²) in [5, 5.41) is 15.2. The van der Waals surface area contributed by atoms with E-state index in [-0.39, 0.29) is 24.1 Å². The van der Waals surface area contributed by atoms with Gasteiger partial charge in [0.15, 0.2) is 0 Å². The van der Waals surface area contributed by atoms with Gasteiger partial charge < -0.3 is 29.4 Å². The number of anilines is 2. The molecule has 2 fully saturated rings. The van der Waals surface area contributed by atoms with Crippen molar-refractivity contribution in [2.45, 2.75) is 36.0 Å². The third-order valence-corrected chi connectivity index (χ3v) is 8.69. The van der Waals surface area contributed by atoms with Crippen LogP contribution >= 0.6 is 11.8 Å². The molecule has 2 saturated heterocycles. The molecule has 2 N–H and O–H groups in total. The Kier molecular flexibility index (Phi) is 6.74. The molecule has 3 aromatic rings. The summed E-state index contributed by atoms with van der Waals surface area (Å²) in [6, 6.07) is 14.5. The van der Waals surface area contributed by atoms with Crippen LogP contribution in [0.2, 0.25) is 0 Å². The number of nitrogens with one attached hydrogen (secondary N) is 1. The second-order valence-electron chi connectivity index (χ2n) is 10.4. The molecule has 0 bridgehead atoms. The molecule has 39 heavy (non-hydrogen) atoms. The number of amides is 2. The topological polar surface area (TPSA) is 113 Å². The number of hydrogen-bond acceptors (Lipinski definition) is 8. The second-order valence-corrected chi connectivity index (χ2v) is 11.4. The number of aliphatic hydroxyl groups is 1. The average Bonchev–Trinajstić information content (AvgIpc) is 3.50. The van der Waals surface area contributed by atoms with Crippen molar-refractivity contribution >= 4 is 46.0 Å². The standard InChI is InChI=1S/C28H30N4O6S/c1-37-20-5-2-18-3-7-26(34)32(23(18)13-20)17-28(36)9-11-30(16-28)10-8-21-14-31(27(35)38-21)19-4-6-24-22(12-19)29-25(33)15-39-24/h2-7,12-13,21,36H,8-11,14-17H2,1H3,(H,29,33)/t21-,28-/m0/s1. The molecule has 0 radical (unpaired) electrons. The van der Waals surface area contributed by atoms with Gasteiger partial charge in [0.05, 0.1) is 42.8 Å². The van der Waals surface area contributed by atoms with E-state index in [0.717, 1.165) is 15.8 Å². The minimum atomic E-state index is -1.05. The van der Waals surface area contributed by atoms with Crippen molar-refractivity contribution in [3.8, 4) is 5.75 Å². The molecule has 3 aliphatic rings. The molecule has 11 heteroatoms. The van der Waals surface area contributed by atoms with E-state index in [1.807, 2.05) is 36.4 Å². The fraction of sp³-hybridized carbons (Fsp3) is 0.393. The normalized spacial score (nSPS) is 23.1. The van der Waals surface area contributed by atoms with Crippen molar-refractivity contribution in [3.63, 3.8) is 0 Å². The number of carbonyl (C=O) groups excluding carboxylic acids is 2. The quantitative estimate of drug-likeness (QED) is 0.462. The summed E-state index contributed by atoms with van der Waals surface area (Å²) >= 11 is 1.48. The Morgan fingerprint density at radius 1 is 1.15 bits per heavy atom. The Hall–Kier alpha value is -3.54. The lowest BCUT2D eigenvalue weighted by atomic mass is 10.0. The lowest BCUT2D eigenvalue weighted by Gasteiger charge is -2.25. The average molecular weight is 551 g/mol. The van der Waals surface area contributed by atoms with Crippen LogP contribution in [-0.4, -0.2) is 77.3 Å². The van der Waals surface area contributed by atoms with Crippen LogP contribution in [0.25, 0.3) is 10.9 Å². The van der Waals surface area contributed by atoms with Crippen molar-refractivity contribution in [1.29, 1.82) is 0 Å². The third kappa shape index (κ3) is 5.21. The van der Waals surface area contributed by atoms with Gasteiger partial charge in [-0.3, -0.25) is 14.5 Å². The highest BCUT2D eigenvalue weighted by Crippen LogP contribution is 2.36. The maximum Gasteiger partial charge on any atom is 0.414 e. The first kappa shape index (κ1) is 25.7. The van der Waals surface area contributed by atoms with E-state index >= 15 is 0 Å². The number of hydrogen-bond donors (Lipinski definition) is 2. The first-order valence-electron chi connectivity index (χ1n) is 13.0. The van der Waals surface area contributed by atoms with Crippen LogP contribution in [0.1, 0.15) is 12.8 Å². The molecule has 0 spiro atoms. The van der Waals surface area contributed by atoms with Crippen LogP contribution in [0.4, 0.5) is 16.2 Å². The molecule has 1 aromatic heterocycles. The number of cyclic esters (lactones) is 1. The summed E-state index contributed by atoms with van der Waals surface area (Å²) in [5.41, 5.74) is 0.917. The Morgan fingerprint density at radius 2 is 2.00 bits per heavy atom. The van der Waals surface area contributed by atoms with Crippen LogP contribution in [0.5, 0.6) is 5.75 Å². The monoisotopic (exact) mass is 550 g/mol. The van der Waals surface area contributed by atoms with Gasteiger partial charge in [0, 0.05) is 42.3 Å². The Morgan fingerprint density at radius 3 is 2.85 bits per heavy atom. The molecule has 6 rings (SSSR count). The zero-order valence-electron chi connectivity index (χ0n) is 21.6. The number of rotatable bonds is 7. The van der Waals surface area contributed by atoms with Crippen molar-refractivity contribution < 1.29 is 24.2 Å². The van der Waals surface area contributed by atoms with Gasteiger partial charge in [-0.25, -0.2) is 4.79 Å². The van der Waals surface area contributed by atoms with Crippen LogP contribution in [0, 0.1) is 0 Å². The molecule has 0 aliphatic carbocycles. The number of β-amino-alcohol motifs (C(OH)–C–C–N with tert-alkyl or cyclic N) is 1. The maximum absolute atomic E-state index is 12.7. The number of thioether (sulfide) groups is 1. The van der Waals surface area contributed by atoms with Gasteiger partial charge in [0.2, 0.25) is 5.91 Å². The SMILES string of the molecule is COc1ccc2ccc(=O)n(C[C@]3(O)CCN(CC[C@H]4CN(c5ccc6c(c5)NC(=O)CS6)C(=O)O4)C3)c2c1. The van der Waals surface area contributed by atoms with Crippen molar-refractivity contribution in [1.82, 2.24) is 9.47 Å². The number of fused-ring (bicyclic) bond motifs is 2. The first-order valence-corrected chi connectivity index (χ1v) is 14.0. The van der Waals surface area contributed by atoms with Crippen LogP contribution in [-0.2, 0) is 16.1 Å². The maximum atomic E-state index is 12.7. The van der Waals surface area contributed by atoms with E-state index in [1.54, 1.807) is 22.6 Å².